The van der Waals surface area contributed by atoms with Crippen LogP contribution in [0.5, 0.6) is 0 Å². The van der Waals surface area contributed by atoms with Crippen molar-refractivity contribution in [1.29, 1.82) is 0 Å². The molecule has 5 rings (SSSR count). The predicted octanol–water partition coefficient (Wildman–Crippen LogP) is 4.60. The third-order valence-corrected chi connectivity index (χ3v) is 6.88. The second-order valence-corrected chi connectivity index (χ2v) is 9.22. The molecule has 0 N–H and O–H groups in total. The summed E-state index contributed by atoms with van der Waals surface area (Å²) in [5, 5.41) is 2.74. The number of benzene rings is 1. The maximum Gasteiger partial charge on any atom is 0.227 e. The van der Waals surface area contributed by atoms with Gasteiger partial charge in [-0.1, -0.05) is 35.9 Å². The van der Waals surface area contributed by atoms with Gasteiger partial charge in [0.15, 0.2) is 0 Å². The highest BCUT2D eigenvalue weighted by atomic mass is 35.5. The molecule has 1 aliphatic heterocycles. The predicted molar refractivity (Wildman–Crippen MR) is 126 cm³/mol. The van der Waals surface area contributed by atoms with Gasteiger partial charge in [-0.15, -0.1) is 11.3 Å². The highest BCUT2D eigenvalue weighted by molar-refractivity contribution is 7.10. The Labute approximate surface area is 190 Å². The Morgan fingerprint density at radius 1 is 1.00 bits per heavy atom. The topological polar surface area (TPSA) is 40.9 Å². The summed E-state index contributed by atoms with van der Waals surface area (Å²) in [6.07, 6.45) is 2.57. The van der Waals surface area contributed by atoms with Crippen LogP contribution in [-0.4, -0.2) is 51.3 Å². The molecule has 4 aromatic rings. The number of hydrogen-bond donors (Lipinski definition) is 0. The van der Waals surface area contributed by atoms with Gasteiger partial charge in [0.25, 0.3) is 0 Å². The van der Waals surface area contributed by atoms with Gasteiger partial charge in [-0.3, -0.25) is 9.69 Å². The number of carbonyl (C=O) groups excluding carboxylic acids is 1. The van der Waals surface area contributed by atoms with Crippen molar-refractivity contribution in [3.8, 4) is 11.3 Å². The molecular weight excluding hydrogens is 428 g/mol. The van der Waals surface area contributed by atoms with E-state index in [0.717, 1.165) is 65.2 Å². The van der Waals surface area contributed by atoms with Gasteiger partial charge in [0.05, 0.1) is 17.8 Å². The summed E-state index contributed by atoms with van der Waals surface area (Å²) in [5.41, 5.74) is 4.15. The number of amides is 1. The number of aromatic nitrogens is 2. The highest BCUT2D eigenvalue weighted by Crippen LogP contribution is 2.27. The molecule has 3 aromatic heterocycles. The molecule has 4 heterocycles. The van der Waals surface area contributed by atoms with Crippen molar-refractivity contribution in [1.82, 2.24) is 19.2 Å². The third kappa shape index (κ3) is 4.37. The molecule has 0 radical (unpaired) electrons. The van der Waals surface area contributed by atoms with E-state index >= 15 is 0 Å². The van der Waals surface area contributed by atoms with Crippen molar-refractivity contribution in [2.45, 2.75) is 13.0 Å². The number of piperazine rings is 1. The number of halogens is 1. The smallest absolute Gasteiger partial charge is 0.227 e. The second kappa shape index (κ2) is 8.83. The minimum absolute atomic E-state index is 0.221. The van der Waals surface area contributed by atoms with E-state index in [1.165, 1.54) is 0 Å². The van der Waals surface area contributed by atoms with Gasteiger partial charge in [0.2, 0.25) is 5.91 Å². The zero-order chi connectivity index (χ0) is 21.2. The van der Waals surface area contributed by atoms with Crippen molar-refractivity contribution in [3.63, 3.8) is 0 Å². The van der Waals surface area contributed by atoms with E-state index < -0.39 is 0 Å². The van der Waals surface area contributed by atoms with Crippen LogP contribution in [0.25, 0.3) is 16.9 Å². The number of pyridine rings is 1. The van der Waals surface area contributed by atoms with E-state index in [1.54, 1.807) is 11.3 Å². The average Bonchev–Trinajstić information content (AvgIpc) is 3.43. The van der Waals surface area contributed by atoms with Crippen molar-refractivity contribution in [3.05, 3.63) is 81.8 Å². The molecule has 1 saturated heterocycles. The summed E-state index contributed by atoms with van der Waals surface area (Å²) in [5.74, 6) is 0.221. The molecule has 1 amide bonds. The molecule has 7 heteroatoms. The molecule has 1 fully saturated rings. The van der Waals surface area contributed by atoms with Gasteiger partial charge in [-0.25, -0.2) is 4.98 Å². The minimum Gasteiger partial charge on any atom is -0.340 e. The Kier molecular flexibility index (Phi) is 5.76. The maximum atomic E-state index is 12.6. The quantitative estimate of drug-likeness (QED) is 0.446. The summed E-state index contributed by atoms with van der Waals surface area (Å²) in [6, 6.07) is 18.0. The minimum atomic E-state index is 0.221. The van der Waals surface area contributed by atoms with Crippen molar-refractivity contribution in [2.24, 2.45) is 0 Å². The normalized spacial score (nSPS) is 14.9. The SMILES string of the molecule is O=C(Cc1cccs1)N1CCN(Cc2c(-c3ccc(Cl)cc3)nc3ccccn23)CC1. The molecule has 0 spiro atoms. The maximum absolute atomic E-state index is 12.6. The van der Waals surface area contributed by atoms with Crippen molar-refractivity contribution >= 4 is 34.5 Å². The fraction of sp³-hybridized carbons (Fsp3) is 0.250. The first-order valence-electron chi connectivity index (χ1n) is 10.4. The zero-order valence-electron chi connectivity index (χ0n) is 17.1. The van der Waals surface area contributed by atoms with Gasteiger partial charge < -0.3 is 9.30 Å². The summed E-state index contributed by atoms with van der Waals surface area (Å²) in [4.78, 5) is 23.0. The van der Waals surface area contributed by atoms with Crippen LogP contribution in [0.1, 0.15) is 10.6 Å². The number of rotatable bonds is 5. The number of hydrogen-bond acceptors (Lipinski definition) is 4. The van der Waals surface area contributed by atoms with E-state index in [0.29, 0.717) is 6.42 Å². The molecule has 0 bridgehead atoms. The van der Waals surface area contributed by atoms with Gasteiger partial charge in [0.1, 0.15) is 5.65 Å². The van der Waals surface area contributed by atoms with Crippen LogP contribution in [0.2, 0.25) is 5.02 Å². The third-order valence-electron chi connectivity index (χ3n) is 5.75. The lowest BCUT2D eigenvalue weighted by atomic mass is 10.1. The number of imidazole rings is 1. The summed E-state index contributed by atoms with van der Waals surface area (Å²) in [6.45, 7) is 4.02. The van der Waals surface area contributed by atoms with Crippen LogP contribution in [-0.2, 0) is 17.8 Å². The molecule has 5 nitrogen and oxygen atoms in total. The molecule has 0 unspecified atom stereocenters. The summed E-state index contributed by atoms with van der Waals surface area (Å²) in [7, 11) is 0. The molecule has 0 aliphatic carbocycles. The lowest BCUT2D eigenvalue weighted by molar-refractivity contribution is -0.132. The van der Waals surface area contributed by atoms with E-state index in [-0.39, 0.29) is 5.91 Å². The fourth-order valence-electron chi connectivity index (χ4n) is 4.08. The number of nitrogens with zero attached hydrogens (tertiary/aromatic N) is 4. The molecule has 0 atom stereocenters. The van der Waals surface area contributed by atoms with Crippen molar-refractivity contribution in [2.75, 3.05) is 26.2 Å². The van der Waals surface area contributed by atoms with E-state index in [2.05, 4.69) is 15.5 Å². The van der Waals surface area contributed by atoms with Crippen LogP contribution < -0.4 is 0 Å². The lowest BCUT2D eigenvalue weighted by Crippen LogP contribution is -2.48. The van der Waals surface area contributed by atoms with Crippen LogP contribution in [0, 0.1) is 0 Å². The second-order valence-electron chi connectivity index (χ2n) is 7.76. The van der Waals surface area contributed by atoms with Crippen molar-refractivity contribution < 1.29 is 4.79 Å². The van der Waals surface area contributed by atoms with Gasteiger partial charge >= 0.3 is 0 Å². The van der Waals surface area contributed by atoms with Crippen LogP contribution in [0.3, 0.4) is 0 Å². The Hall–Kier alpha value is -2.67. The first-order valence-corrected chi connectivity index (χ1v) is 11.7. The van der Waals surface area contributed by atoms with Crippen LogP contribution in [0.15, 0.2) is 66.2 Å². The average molecular weight is 451 g/mol. The number of carbonyl (C=O) groups is 1. The molecule has 31 heavy (non-hydrogen) atoms. The molecule has 158 valence electrons. The summed E-state index contributed by atoms with van der Waals surface area (Å²) >= 11 is 7.74. The molecule has 1 aliphatic rings. The zero-order valence-corrected chi connectivity index (χ0v) is 18.6. The monoisotopic (exact) mass is 450 g/mol. The van der Waals surface area contributed by atoms with E-state index in [4.69, 9.17) is 16.6 Å². The number of thiophene rings is 1. The van der Waals surface area contributed by atoms with Gasteiger partial charge in [0, 0.05) is 54.4 Å². The van der Waals surface area contributed by atoms with Gasteiger partial charge in [-0.05, 0) is 35.7 Å². The Balaban J connectivity index is 1.32. The van der Waals surface area contributed by atoms with Crippen LogP contribution in [0.4, 0.5) is 0 Å². The Morgan fingerprint density at radius 3 is 2.55 bits per heavy atom. The molecular formula is C24H23ClN4OS. The highest BCUT2D eigenvalue weighted by Gasteiger charge is 2.24. The fourth-order valence-corrected chi connectivity index (χ4v) is 4.90. The largest absolute Gasteiger partial charge is 0.340 e. The summed E-state index contributed by atoms with van der Waals surface area (Å²) < 4.78 is 2.16. The standard InChI is InChI=1S/C24H23ClN4OS/c25-19-8-6-18(7-9-19)24-21(29-10-2-1-5-22(29)26-24)17-27-11-13-28(14-12-27)23(30)16-20-4-3-15-31-20/h1-10,15H,11-14,16-17H2. The first kappa shape index (κ1) is 20.2. The van der Waals surface area contributed by atoms with Crippen LogP contribution >= 0.6 is 22.9 Å². The first-order chi connectivity index (χ1) is 15.2. The molecule has 1 aromatic carbocycles. The Morgan fingerprint density at radius 2 is 1.81 bits per heavy atom. The molecule has 0 saturated carbocycles. The Bertz CT molecular complexity index is 1180. The van der Waals surface area contributed by atoms with E-state index in [9.17, 15) is 4.79 Å². The number of fused-ring (bicyclic) bond motifs is 1. The van der Waals surface area contributed by atoms with Gasteiger partial charge in [-0.2, -0.15) is 0 Å². The van der Waals surface area contributed by atoms with E-state index in [1.807, 2.05) is 64.9 Å². The lowest BCUT2D eigenvalue weighted by Gasteiger charge is -2.34.